The molecule has 0 aliphatic carbocycles. The van der Waals surface area contributed by atoms with Gasteiger partial charge in [0.15, 0.2) is 11.5 Å². The summed E-state index contributed by atoms with van der Waals surface area (Å²) in [6, 6.07) is 8.89. The van der Waals surface area contributed by atoms with E-state index < -0.39 is 22.0 Å². The quantitative estimate of drug-likeness (QED) is 0.593. The van der Waals surface area contributed by atoms with Gasteiger partial charge in [-0.3, -0.25) is 4.79 Å². The van der Waals surface area contributed by atoms with Gasteiger partial charge in [-0.05, 0) is 62.2 Å². The van der Waals surface area contributed by atoms with Crippen molar-refractivity contribution in [3.8, 4) is 17.2 Å². The SMILES string of the molecule is CCOc1ccc(S(=O)(=O)N[C@H](C)C(=O)NCc2ccc(OC)c(OC)c2)cc1C. The molecule has 2 N–H and O–H groups in total. The molecule has 0 spiro atoms. The highest BCUT2D eigenvalue weighted by Crippen LogP contribution is 2.27. The summed E-state index contributed by atoms with van der Waals surface area (Å²) in [4.78, 5) is 12.5. The topological polar surface area (TPSA) is 103 Å². The van der Waals surface area contributed by atoms with E-state index in [0.29, 0.717) is 29.4 Å². The van der Waals surface area contributed by atoms with Crippen LogP contribution in [-0.4, -0.2) is 41.2 Å². The molecule has 9 heteroatoms. The first kappa shape index (κ1) is 23.5. The second kappa shape index (κ2) is 10.3. The maximum Gasteiger partial charge on any atom is 0.241 e. The third-order valence-electron chi connectivity index (χ3n) is 4.40. The highest BCUT2D eigenvalue weighted by Gasteiger charge is 2.22. The summed E-state index contributed by atoms with van der Waals surface area (Å²) in [6.07, 6.45) is 0. The lowest BCUT2D eigenvalue weighted by Gasteiger charge is -2.16. The normalized spacial score (nSPS) is 12.2. The van der Waals surface area contributed by atoms with Gasteiger partial charge in [-0.1, -0.05) is 6.07 Å². The monoisotopic (exact) mass is 436 g/mol. The van der Waals surface area contributed by atoms with E-state index in [1.165, 1.54) is 26.2 Å². The van der Waals surface area contributed by atoms with E-state index in [2.05, 4.69) is 10.0 Å². The first-order chi connectivity index (χ1) is 14.2. The summed E-state index contributed by atoms with van der Waals surface area (Å²) in [5.74, 6) is 1.30. The Morgan fingerprint density at radius 3 is 2.30 bits per heavy atom. The second-order valence-corrected chi connectivity index (χ2v) is 8.32. The molecular formula is C21H28N2O6S. The molecule has 0 saturated carbocycles. The van der Waals surface area contributed by atoms with Crippen LogP contribution in [0, 0.1) is 6.92 Å². The highest BCUT2D eigenvalue weighted by atomic mass is 32.2. The number of hydrogen-bond donors (Lipinski definition) is 2. The molecule has 1 amide bonds. The lowest BCUT2D eigenvalue weighted by atomic mass is 10.2. The number of hydrogen-bond acceptors (Lipinski definition) is 6. The van der Waals surface area contributed by atoms with Gasteiger partial charge in [0.2, 0.25) is 15.9 Å². The minimum Gasteiger partial charge on any atom is -0.494 e. The van der Waals surface area contributed by atoms with Crippen molar-refractivity contribution in [3.63, 3.8) is 0 Å². The lowest BCUT2D eigenvalue weighted by Crippen LogP contribution is -2.44. The van der Waals surface area contributed by atoms with Crippen LogP contribution < -0.4 is 24.2 Å². The first-order valence-corrected chi connectivity index (χ1v) is 10.9. The van der Waals surface area contributed by atoms with Crippen LogP contribution >= 0.6 is 0 Å². The Labute approximate surface area is 177 Å². The number of rotatable bonds is 10. The van der Waals surface area contributed by atoms with Gasteiger partial charge in [-0.25, -0.2) is 8.42 Å². The van der Waals surface area contributed by atoms with Crippen molar-refractivity contribution >= 4 is 15.9 Å². The Hall–Kier alpha value is -2.78. The van der Waals surface area contributed by atoms with Crippen molar-refractivity contribution in [2.75, 3.05) is 20.8 Å². The number of carbonyl (C=O) groups excluding carboxylic acids is 1. The molecule has 30 heavy (non-hydrogen) atoms. The summed E-state index contributed by atoms with van der Waals surface area (Å²) < 4.78 is 43.5. The smallest absolute Gasteiger partial charge is 0.241 e. The molecule has 2 aromatic carbocycles. The van der Waals surface area contributed by atoms with Crippen molar-refractivity contribution < 1.29 is 27.4 Å². The molecule has 0 aliphatic heterocycles. The highest BCUT2D eigenvalue weighted by molar-refractivity contribution is 7.89. The molecule has 0 unspecified atom stereocenters. The van der Waals surface area contributed by atoms with E-state index in [1.54, 1.807) is 38.3 Å². The predicted octanol–water partition coefficient (Wildman–Crippen LogP) is 2.39. The zero-order valence-electron chi connectivity index (χ0n) is 17.8. The van der Waals surface area contributed by atoms with E-state index in [0.717, 1.165) is 5.56 Å². The minimum absolute atomic E-state index is 0.0722. The number of nitrogens with one attached hydrogen (secondary N) is 2. The molecule has 2 rings (SSSR count). The number of sulfonamides is 1. The van der Waals surface area contributed by atoms with Crippen molar-refractivity contribution in [3.05, 3.63) is 47.5 Å². The Morgan fingerprint density at radius 2 is 1.70 bits per heavy atom. The molecule has 1 atom stereocenters. The molecule has 0 radical (unpaired) electrons. The van der Waals surface area contributed by atoms with Crippen LogP contribution in [0.25, 0.3) is 0 Å². The fraction of sp³-hybridized carbons (Fsp3) is 0.381. The van der Waals surface area contributed by atoms with Crippen LogP contribution in [0.5, 0.6) is 17.2 Å². The average Bonchev–Trinajstić information content (AvgIpc) is 2.72. The predicted molar refractivity (Wildman–Crippen MR) is 114 cm³/mol. The largest absolute Gasteiger partial charge is 0.494 e. The Balaban J connectivity index is 2.02. The van der Waals surface area contributed by atoms with E-state index in [9.17, 15) is 13.2 Å². The number of amides is 1. The zero-order chi connectivity index (χ0) is 22.3. The van der Waals surface area contributed by atoms with Crippen molar-refractivity contribution in [2.45, 2.75) is 38.3 Å². The molecule has 0 fully saturated rings. The second-order valence-electron chi connectivity index (χ2n) is 6.61. The summed E-state index contributed by atoms with van der Waals surface area (Å²) in [5.41, 5.74) is 1.49. The molecule has 2 aromatic rings. The molecule has 164 valence electrons. The Bertz CT molecular complexity index is 991. The maximum absolute atomic E-state index is 12.6. The molecule has 0 saturated heterocycles. The van der Waals surface area contributed by atoms with E-state index in [4.69, 9.17) is 14.2 Å². The zero-order valence-corrected chi connectivity index (χ0v) is 18.6. The molecule has 0 aromatic heterocycles. The third kappa shape index (κ3) is 5.87. The average molecular weight is 437 g/mol. The van der Waals surface area contributed by atoms with Crippen LogP contribution in [0.4, 0.5) is 0 Å². The molecular weight excluding hydrogens is 408 g/mol. The van der Waals surface area contributed by atoms with E-state index in [-0.39, 0.29) is 11.4 Å². The van der Waals surface area contributed by atoms with Crippen LogP contribution in [0.3, 0.4) is 0 Å². The lowest BCUT2D eigenvalue weighted by molar-refractivity contribution is -0.122. The third-order valence-corrected chi connectivity index (χ3v) is 5.93. The number of ether oxygens (including phenoxy) is 3. The summed E-state index contributed by atoms with van der Waals surface area (Å²) >= 11 is 0. The van der Waals surface area contributed by atoms with Gasteiger partial charge in [0.25, 0.3) is 0 Å². The first-order valence-electron chi connectivity index (χ1n) is 9.46. The summed E-state index contributed by atoms with van der Waals surface area (Å²) in [7, 11) is -0.796. The number of carbonyl (C=O) groups is 1. The van der Waals surface area contributed by atoms with Gasteiger partial charge in [0, 0.05) is 6.54 Å². The molecule has 0 bridgehead atoms. The summed E-state index contributed by atoms with van der Waals surface area (Å²) in [6.45, 7) is 5.82. The number of methoxy groups -OCH3 is 2. The van der Waals surface area contributed by atoms with Crippen molar-refractivity contribution in [1.29, 1.82) is 0 Å². The molecule has 0 aliphatic rings. The van der Waals surface area contributed by atoms with Gasteiger partial charge in [0.1, 0.15) is 5.75 Å². The fourth-order valence-electron chi connectivity index (χ4n) is 2.79. The molecule has 8 nitrogen and oxygen atoms in total. The van der Waals surface area contributed by atoms with Crippen LogP contribution in [0.2, 0.25) is 0 Å². The van der Waals surface area contributed by atoms with Crippen molar-refractivity contribution in [2.24, 2.45) is 0 Å². The van der Waals surface area contributed by atoms with Crippen LogP contribution in [0.1, 0.15) is 25.0 Å². The van der Waals surface area contributed by atoms with Crippen LogP contribution in [0.15, 0.2) is 41.3 Å². The fourth-order valence-corrected chi connectivity index (χ4v) is 4.08. The molecule has 0 heterocycles. The maximum atomic E-state index is 12.6. The van der Waals surface area contributed by atoms with Gasteiger partial charge >= 0.3 is 0 Å². The van der Waals surface area contributed by atoms with Gasteiger partial charge < -0.3 is 19.5 Å². The standard InChI is InChI=1S/C21H28N2O6S/c1-6-29-18-10-8-17(11-14(18)2)30(25,26)23-15(3)21(24)22-13-16-7-9-19(27-4)20(12-16)28-5/h7-12,15,23H,6,13H2,1-5H3,(H,22,24)/t15-/m1/s1. The van der Waals surface area contributed by atoms with Gasteiger partial charge in [-0.15, -0.1) is 0 Å². The Kier molecular flexibility index (Phi) is 8.08. The van der Waals surface area contributed by atoms with Crippen LogP contribution in [-0.2, 0) is 21.4 Å². The van der Waals surface area contributed by atoms with Gasteiger partial charge in [-0.2, -0.15) is 4.72 Å². The van der Waals surface area contributed by atoms with E-state index >= 15 is 0 Å². The van der Waals surface area contributed by atoms with E-state index in [1.807, 2.05) is 6.92 Å². The Morgan fingerprint density at radius 1 is 1.03 bits per heavy atom. The van der Waals surface area contributed by atoms with Gasteiger partial charge in [0.05, 0.1) is 31.8 Å². The minimum atomic E-state index is -3.86. The number of benzene rings is 2. The van der Waals surface area contributed by atoms with Crippen molar-refractivity contribution in [1.82, 2.24) is 10.0 Å². The number of aryl methyl sites for hydroxylation is 1. The summed E-state index contributed by atoms with van der Waals surface area (Å²) in [5, 5.41) is 2.72.